The largest absolute Gasteiger partial charge is 0.508 e. The minimum Gasteiger partial charge on any atom is -0.508 e. The summed E-state index contributed by atoms with van der Waals surface area (Å²) in [6, 6.07) is 5.34. The van der Waals surface area contributed by atoms with Crippen LogP contribution in [-0.2, 0) is 9.59 Å². The fourth-order valence-corrected chi connectivity index (χ4v) is 0.877. The van der Waals surface area contributed by atoms with Crippen LogP contribution in [0.4, 0.5) is 5.69 Å². The SMILES string of the molecule is N[C@@H](CCC(=O)O)C(=O)O.Nc1ccc(O)cc1. The molecule has 18 heavy (non-hydrogen) atoms. The van der Waals surface area contributed by atoms with Gasteiger partial charge in [-0.3, -0.25) is 9.59 Å². The summed E-state index contributed by atoms with van der Waals surface area (Å²) in [6.07, 6.45) is -0.224. The number of benzene rings is 1. The topological polar surface area (TPSA) is 147 Å². The molecule has 1 rings (SSSR count). The van der Waals surface area contributed by atoms with Gasteiger partial charge in [0.1, 0.15) is 11.8 Å². The Morgan fingerprint density at radius 1 is 1.17 bits per heavy atom. The summed E-state index contributed by atoms with van der Waals surface area (Å²) >= 11 is 0. The highest BCUT2D eigenvalue weighted by Gasteiger charge is 2.12. The molecule has 100 valence electrons. The van der Waals surface area contributed by atoms with E-state index >= 15 is 0 Å². The molecule has 7 nitrogen and oxygen atoms in total. The molecule has 0 aliphatic heterocycles. The number of phenolic OH excluding ortho intramolecular Hbond substituents is 1. The van der Waals surface area contributed by atoms with Crippen molar-refractivity contribution in [2.45, 2.75) is 18.9 Å². The maximum Gasteiger partial charge on any atom is 0.320 e. The van der Waals surface area contributed by atoms with E-state index in [4.69, 9.17) is 26.8 Å². The number of carbonyl (C=O) groups is 2. The molecule has 0 amide bonds. The average molecular weight is 256 g/mol. The predicted octanol–water partition coefficient (Wildman–Crippen LogP) is 0.238. The molecular formula is C11H16N2O5. The number of nitrogen functional groups attached to an aromatic ring is 1. The van der Waals surface area contributed by atoms with Crippen molar-refractivity contribution in [2.24, 2.45) is 5.73 Å². The Labute approximate surface area is 104 Å². The molecule has 0 fully saturated rings. The smallest absolute Gasteiger partial charge is 0.320 e. The molecule has 0 aromatic heterocycles. The second-order valence-corrected chi connectivity index (χ2v) is 3.47. The number of hydrogen-bond acceptors (Lipinski definition) is 5. The highest BCUT2D eigenvalue weighted by molar-refractivity contribution is 5.74. The lowest BCUT2D eigenvalue weighted by Crippen LogP contribution is -2.30. The van der Waals surface area contributed by atoms with Gasteiger partial charge < -0.3 is 26.8 Å². The number of carboxylic acid groups (broad SMARTS) is 2. The van der Waals surface area contributed by atoms with Crippen LogP contribution in [0.3, 0.4) is 0 Å². The average Bonchev–Trinajstić information content (AvgIpc) is 2.30. The van der Waals surface area contributed by atoms with E-state index in [1.807, 2.05) is 0 Å². The number of carboxylic acids is 2. The first-order valence-electron chi connectivity index (χ1n) is 5.07. The molecule has 0 saturated heterocycles. The van der Waals surface area contributed by atoms with E-state index < -0.39 is 18.0 Å². The molecule has 0 aliphatic carbocycles. The third kappa shape index (κ3) is 7.94. The minimum absolute atomic E-state index is 0.0231. The van der Waals surface area contributed by atoms with E-state index in [9.17, 15) is 9.59 Å². The second-order valence-electron chi connectivity index (χ2n) is 3.47. The lowest BCUT2D eigenvalue weighted by Gasteiger charge is -2.01. The van der Waals surface area contributed by atoms with Gasteiger partial charge in [0.05, 0.1) is 0 Å². The zero-order valence-corrected chi connectivity index (χ0v) is 9.61. The summed E-state index contributed by atoms with van der Waals surface area (Å²) in [6.45, 7) is 0. The molecule has 0 saturated carbocycles. The lowest BCUT2D eigenvalue weighted by molar-refractivity contribution is -0.139. The van der Waals surface area contributed by atoms with E-state index in [0.717, 1.165) is 0 Å². The number of anilines is 1. The van der Waals surface area contributed by atoms with E-state index in [2.05, 4.69) is 0 Å². The van der Waals surface area contributed by atoms with Crippen LogP contribution in [0.5, 0.6) is 5.75 Å². The Kier molecular flexibility index (Phi) is 6.91. The Morgan fingerprint density at radius 3 is 2.00 bits per heavy atom. The summed E-state index contributed by atoms with van der Waals surface area (Å²) in [5, 5.41) is 25.0. The van der Waals surface area contributed by atoms with Gasteiger partial charge in [-0.15, -0.1) is 0 Å². The Hall–Kier alpha value is -2.28. The highest BCUT2D eigenvalue weighted by atomic mass is 16.4. The molecule has 0 radical (unpaired) electrons. The fraction of sp³-hybridized carbons (Fsp3) is 0.273. The van der Waals surface area contributed by atoms with Crippen LogP contribution < -0.4 is 11.5 Å². The fourth-order valence-electron chi connectivity index (χ4n) is 0.877. The van der Waals surface area contributed by atoms with Gasteiger partial charge in [-0.1, -0.05) is 0 Å². The third-order valence-electron chi connectivity index (χ3n) is 1.88. The molecule has 7 heteroatoms. The number of aromatic hydroxyl groups is 1. The first-order chi connectivity index (χ1) is 8.32. The first kappa shape index (κ1) is 15.7. The van der Waals surface area contributed by atoms with Gasteiger partial charge in [0.2, 0.25) is 0 Å². The van der Waals surface area contributed by atoms with Crippen LogP contribution in [0.25, 0.3) is 0 Å². The summed E-state index contributed by atoms with van der Waals surface area (Å²) in [5.74, 6) is -1.95. The van der Waals surface area contributed by atoms with Crippen molar-refractivity contribution < 1.29 is 24.9 Å². The standard InChI is InChI=1S/C6H7NO.C5H9NO4/c7-5-1-3-6(8)4-2-5;6-3(5(9)10)1-2-4(7)8/h1-4,8H,7H2;3H,1-2,6H2,(H,7,8)(H,9,10)/t;3-/m.0/s1. The van der Waals surface area contributed by atoms with Gasteiger partial charge in [0.15, 0.2) is 0 Å². The van der Waals surface area contributed by atoms with Crippen molar-refractivity contribution in [3.63, 3.8) is 0 Å². The predicted molar refractivity (Wildman–Crippen MR) is 65.0 cm³/mol. The van der Waals surface area contributed by atoms with Crippen molar-refractivity contribution in [1.29, 1.82) is 0 Å². The number of nitrogens with two attached hydrogens (primary N) is 2. The lowest BCUT2D eigenvalue weighted by atomic mass is 10.2. The zero-order valence-electron chi connectivity index (χ0n) is 9.61. The van der Waals surface area contributed by atoms with E-state index in [0.29, 0.717) is 5.69 Å². The van der Waals surface area contributed by atoms with Crippen LogP contribution >= 0.6 is 0 Å². The number of hydrogen-bond donors (Lipinski definition) is 5. The van der Waals surface area contributed by atoms with Crippen molar-refractivity contribution >= 4 is 17.6 Å². The molecule has 0 heterocycles. The Morgan fingerprint density at radius 2 is 1.67 bits per heavy atom. The van der Waals surface area contributed by atoms with E-state index in [-0.39, 0.29) is 18.6 Å². The summed E-state index contributed by atoms with van der Waals surface area (Å²) in [4.78, 5) is 19.9. The molecule has 0 unspecified atom stereocenters. The molecule has 0 aliphatic rings. The normalized spacial score (nSPS) is 10.9. The Bertz CT molecular complexity index is 370. The highest BCUT2D eigenvalue weighted by Crippen LogP contribution is 2.09. The quantitative estimate of drug-likeness (QED) is 0.383. The van der Waals surface area contributed by atoms with Crippen LogP contribution in [-0.4, -0.2) is 33.3 Å². The van der Waals surface area contributed by atoms with E-state index in [1.54, 1.807) is 24.3 Å². The summed E-state index contributed by atoms with van der Waals surface area (Å²) in [7, 11) is 0. The molecule has 7 N–H and O–H groups in total. The molecule has 1 atom stereocenters. The number of aliphatic carboxylic acids is 2. The van der Waals surface area contributed by atoms with Crippen LogP contribution in [0.1, 0.15) is 12.8 Å². The monoisotopic (exact) mass is 256 g/mol. The summed E-state index contributed by atoms with van der Waals surface area (Å²) in [5.41, 5.74) is 11.0. The molecule has 0 bridgehead atoms. The number of rotatable bonds is 4. The van der Waals surface area contributed by atoms with Crippen LogP contribution in [0.2, 0.25) is 0 Å². The van der Waals surface area contributed by atoms with Crippen molar-refractivity contribution in [2.75, 3.05) is 5.73 Å². The van der Waals surface area contributed by atoms with Gasteiger partial charge in [0, 0.05) is 12.1 Å². The van der Waals surface area contributed by atoms with Gasteiger partial charge in [0.25, 0.3) is 0 Å². The van der Waals surface area contributed by atoms with Crippen molar-refractivity contribution in [1.82, 2.24) is 0 Å². The molecular weight excluding hydrogens is 240 g/mol. The summed E-state index contributed by atoms with van der Waals surface area (Å²) < 4.78 is 0. The zero-order chi connectivity index (χ0) is 14.1. The second kappa shape index (κ2) is 7.91. The van der Waals surface area contributed by atoms with Gasteiger partial charge in [-0.05, 0) is 30.7 Å². The van der Waals surface area contributed by atoms with Crippen LogP contribution in [0.15, 0.2) is 24.3 Å². The van der Waals surface area contributed by atoms with Gasteiger partial charge in [-0.25, -0.2) is 0 Å². The van der Waals surface area contributed by atoms with Crippen molar-refractivity contribution in [3.8, 4) is 5.75 Å². The first-order valence-corrected chi connectivity index (χ1v) is 5.07. The number of phenols is 1. The minimum atomic E-state index is -1.17. The van der Waals surface area contributed by atoms with Crippen LogP contribution in [0, 0.1) is 0 Å². The third-order valence-corrected chi connectivity index (χ3v) is 1.88. The maximum atomic E-state index is 9.99. The Balaban J connectivity index is 0.000000327. The van der Waals surface area contributed by atoms with E-state index in [1.165, 1.54) is 0 Å². The molecule has 1 aromatic carbocycles. The maximum absolute atomic E-state index is 9.99. The molecule has 1 aromatic rings. The van der Waals surface area contributed by atoms with Gasteiger partial charge in [-0.2, -0.15) is 0 Å². The van der Waals surface area contributed by atoms with Crippen molar-refractivity contribution in [3.05, 3.63) is 24.3 Å². The van der Waals surface area contributed by atoms with Gasteiger partial charge >= 0.3 is 11.9 Å². The molecule has 0 spiro atoms.